The molecular weight excluding hydrogens is 158 g/mol. The highest BCUT2D eigenvalue weighted by molar-refractivity contribution is 5.62. The molecule has 0 N–H and O–H groups in total. The van der Waals surface area contributed by atoms with Gasteiger partial charge in [-0.05, 0) is 18.6 Å². The Morgan fingerprint density at radius 2 is 2.08 bits per heavy atom. The number of rotatable bonds is 1. The van der Waals surface area contributed by atoms with E-state index >= 15 is 0 Å². The van der Waals surface area contributed by atoms with E-state index in [0.29, 0.717) is 6.04 Å². The maximum absolute atomic E-state index is 7.76. The molecule has 0 aliphatic rings. The smallest absolute Gasteiger partial charge is 0.0731 e. The van der Waals surface area contributed by atoms with Crippen LogP contribution in [0.15, 0.2) is 48.6 Å². The van der Waals surface area contributed by atoms with Gasteiger partial charge in [0.25, 0.3) is 0 Å². The Kier molecular flexibility index (Phi) is 1.79. The zero-order valence-corrected chi connectivity index (χ0v) is 7.49. The standard InChI is InChI=1S/C12H11N/c1-10-6-5-9-13-12(10)11-7-3-2-4-8-11/h2-9H,1H3/i7D. The summed E-state index contributed by atoms with van der Waals surface area (Å²) in [6, 6.07) is 11.9. The first-order valence-corrected chi connectivity index (χ1v) is 4.26. The van der Waals surface area contributed by atoms with Crippen LogP contribution in [-0.2, 0) is 0 Å². The van der Waals surface area contributed by atoms with Crippen LogP contribution in [0.4, 0.5) is 0 Å². The van der Waals surface area contributed by atoms with Crippen LogP contribution < -0.4 is 0 Å². The fraction of sp³-hybridized carbons (Fsp3) is 0.0833. The molecular formula is C12H11N. The van der Waals surface area contributed by atoms with Crippen LogP contribution in [0.25, 0.3) is 11.3 Å². The summed E-state index contributed by atoms with van der Waals surface area (Å²) in [7, 11) is 0. The largest absolute Gasteiger partial charge is 0.256 e. The number of aromatic nitrogens is 1. The summed E-state index contributed by atoms with van der Waals surface area (Å²) < 4.78 is 7.76. The van der Waals surface area contributed by atoms with Gasteiger partial charge in [-0.25, -0.2) is 0 Å². The molecule has 0 spiro atoms. The lowest BCUT2D eigenvalue weighted by molar-refractivity contribution is 1.27. The van der Waals surface area contributed by atoms with E-state index < -0.39 is 0 Å². The molecule has 0 aliphatic carbocycles. The van der Waals surface area contributed by atoms with Gasteiger partial charge in [-0.3, -0.25) is 4.98 Å². The van der Waals surface area contributed by atoms with Crippen LogP contribution in [0, 0.1) is 6.92 Å². The summed E-state index contributed by atoms with van der Waals surface area (Å²) in [5, 5.41) is 0. The van der Waals surface area contributed by atoms with E-state index in [1.165, 1.54) is 0 Å². The third-order valence-electron chi connectivity index (χ3n) is 1.97. The molecule has 1 heteroatoms. The van der Waals surface area contributed by atoms with Crippen molar-refractivity contribution in [3.63, 3.8) is 0 Å². The van der Waals surface area contributed by atoms with Crippen LogP contribution >= 0.6 is 0 Å². The van der Waals surface area contributed by atoms with Gasteiger partial charge in [0.1, 0.15) is 0 Å². The fourth-order valence-electron chi connectivity index (χ4n) is 1.31. The third-order valence-corrected chi connectivity index (χ3v) is 1.97. The second-order valence-corrected chi connectivity index (χ2v) is 2.95. The highest BCUT2D eigenvalue weighted by atomic mass is 14.7. The summed E-state index contributed by atoms with van der Waals surface area (Å²) >= 11 is 0. The summed E-state index contributed by atoms with van der Waals surface area (Å²) in [4.78, 5) is 4.29. The van der Waals surface area contributed by atoms with Crippen molar-refractivity contribution in [2.45, 2.75) is 6.92 Å². The van der Waals surface area contributed by atoms with E-state index in [-0.39, 0.29) is 0 Å². The lowest BCUT2D eigenvalue weighted by Crippen LogP contribution is -1.85. The monoisotopic (exact) mass is 170 g/mol. The molecule has 1 aromatic carbocycles. The van der Waals surface area contributed by atoms with Crippen LogP contribution in [-0.4, -0.2) is 4.98 Å². The fourth-order valence-corrected chi connectivity index (χ4v) is 1.31. The molecule has 0 saturated carbocycles. The van der Waals surface area contributed by atoms with E-state index in [2.05, 4.69) is 4.98 Å². The summed E-state index contributed by atoms with van der Waals surface area (Å²) in [5.41, 5.74) is 2.90. The van der Waals surface area contributed by atoms with Gasteiger partial charge in [-0.15, -0.1) is 0 Å². The zero-order chi connectivity index (χ0) is 9.97. The number of pyridine rings is 1. The van der Waals surface area contributed by atoms with Crippen molar-refractivity contribution >= 4 is 0 Å². The predicted molar refractivity (Wildman–Crippen MR) is 54.4 cm³/mol. The van der Waals surface area contributed by atoms with Crippen LogP contribution in [0.3, 0.4) is 0 Å². The molecule has 0 radical (unpaired) electrons. The minimum atomic E-state index is 0.522. The van der Waals surface area contributed by atoms with E-state index in [4.69, 9.17) is 1.37 Å². The van der Waals surface area contributed by atoms with Crippen molar-refractivity contribution in [2.75, 3.05) is 0 Å². The lowest BCUT2D eigenvalue weighted by atomic mass is 10.1. The molecule has 0 amide bonds. The van der Waals surface area contributed by atoms with Crippen LogP contribution in [0.2, 0.25) is 0 Å². The number of hydrogen-bond donors (Lipinski definition) is 0. The molecule has 1 heterocycles. The first-order valence-electron chi connectivity index (χ1n) is 4.76. The zero-order valence-electron chi connectivity index (χ0n) is 8.49. The Bertz CT molecular complexity index is 408. The molecule has 2 rings (SSSR count). The van der Waals surface area contributed by atoms with Crippen molar-refractivity contribution in [3.05, 3.63) is 54.2 Å². The van der Waals surface area contributed by atoms with E-state index in [1.54, 1.807) is 12.3 Å². The maximum Gasteiger partial charge on any atom is 0.0731 e. The molecule has 0 bridgehead atoms. The number of nitrogens with zero attached hydrogens (tertiary/aromatic N) is 1. The average molecular weight is 170 g/mol. The van der Waals surface area contributed by atoms with Gasteiger partial charge in [-0.1, -0.05) is 36.4 Å². The van der Waals surface area contributed by atoms with Crippen molar-refractivity contribution in [1.82, 2.24) is 4.98 Å². The third kappa shape index (κ3) is 1.59. The highest BCUT2D eigenvalue weighted by Crippen LogP contribution is 2.19. The normalized spacial score (nSPS) is 11.0. The van der Waals surface area contributed by atoms with Crippen molar-refractivity contribution in [1.29, 1.82) is 0 Å². The van der Waals surface area contributed by atoms with Gasteiger partial charge in [0.2, 0.25) is 0 Å². The molecule has 1 nitrogen and oxygen atoms in total. The predicted octanol–water partition coefficient (Wildman–Crippen LogP) is 3.06. The number of aryl methyl sites for hydroxylation is 1. The molecule has 13 heavy (non-hydrogen) atoms. The SMILES string of the molecule is [2H]c1ccccc1-c1ncccc1C. The number of benzene rings is 1. The van der Waals surface area contributed by atoms with E-state index in [1.807, 2.05) is 37.3 Å². The number of hydrogen-bond acceptors (Lipinski definition) is 1. The van der Waals surface area contributed by atoms with Crippen molar-refractivity contribution in [2.24, 2.45) is 0 Å². The minimum absolute atomic E-state index is 0.522. The average Bonchev–Trinajstić information content (AvgIpc) is 2.20. The quantitative estimate of drug-likeness (QED) is 0.641. The van der Waals surface area contributed by atoms with Gasteiger partial charge >= 0.3 is 0 Å². The van der Waals surface area contributed by atoms with E-state index in [0.717, 1.165) is 16.8 Å². The molecule has 0 fully saturated rings. The lowest BCUT2D eigenvalue weighted by Gasteiger charge is -2.02. The van der Waals surface area contributed by atoms with E-state index in [9.17, 15) is 0 Å². The molecule has 0 atom stereocenters. The summed E-state index contributed by atoms with van der Waals surface area (Å²) in [6.07, 6.45) is 1.76. The Morgan fingerprint density at radius 1 is 1.15 bits per heavy atom. The Balaban J connectivity index is 2.61. The molecule has 0 aliphatic heterocycles. The van der Waals surface area contributed by atoms with Gasteiger partial charge in [-0.2, -0.15) is 0 Å². The van der Waals surface area contributed by atoms with Gasteiger partial charge < -0.3 is 0 Å². The van der Waals surface area contributed by atoms with Gasteiger partial charge in [0.15, 0.2) is 0 Å². The Morgan fingerprint density at radius 3 is 2.85 bits per heavy atom. The first kappa shape index (κ1) is 6.84. The Hall–Kier alpha value is -1.63. The molecule has 0 unspecified atom stereocenters. The topological polar surface area (TPSA) is 12.9 Å². The van der Waals surface area contributed by atoms with Crippen LogP contribution in [0.1, 0.15) is 6.93 Å². The molecule has 64 valence electrons. The van der Waals surface area contributed by atoms with Crippen molar-refractivity contribution < 1.29 is 1.37 Å². The molecule has 0 saturated heterocycles. The Labute approximate surface area is 79.5 Å². The second kappa shape index (κ2) is 3.40. The highest BCUT2D eigenvalue weighted by Gasteiger charge is 1.99. The van der Waals surface area contributed by atoms with Crippen molar-refractivity contribution in [3.8, 4) is 11.3 Å². The molecule has 1 aromatic heterocycles. The molecule has 2 aromatic rings. The van der Waals surface area contributed by atoms with Crippen LogP contribution in [0.5, 0.6) is 0 Å². The van der Waals surface area contributed by atoms with Gasteiger partial charge in [0, 0.05) is 11.8 Å². The summed E-state index contributed by atoms with van der Waals surface area (Å²) in [6.45, 7) is 2.01. The second-order valence-electron chi connectivity index (χ2n) is 2.95. The summed E-state index contributed by atoms with van der Waals surface area (Å²) in [5.74, 6) is 0. The first-order chi connectivity index (χ1) is 6.79. The minimum Gasteiger partial charge on any atom is -0.256 e. The maximum atomic E-state index is 7.76. The van der Waals surface area contributed by atoms with Gasteiger partial charge in [0.05, 0.1) is 7.06 Å².